The van der Waals surface area contributed by atoms with Crippen LogP contribution in [0.1, 0.15) is 12.0 Å². The molecule has 0 spiro atoms. The number of aliphatic carboxylic acids is 1. The largest absolute Gasteiger partial charge is 0.480 e. The van der Waals surface area contributed by atoms with E-state index in [4.69, 9.17) is 22.4 Å². The Hall–Kier alpha value is -2.44. The lowest BCUT2D eigenvalue weighted by Gasteiger charge is -2.24. The highest BCUT2D eigenvalue weighted by Gasteiger charge is 2.15. The summed E-state index contributed by atoms with van der Waals surface area (Å²) in [6.45, 7) is 1.48. The monoisotopic (exact) mass is 344 g/mol. The van der Waals surface area contributed by atoms with Crippen LogP contribution in [0.5, 0.6) is 0 Å². The van der Waals surface area contributed by atoms with Gasteiger partial charge in [0.2, 0.25) is 0 Å². The molecule has 0 aliphatic carbocycles. The number of anilines is 1. The highest BCUT2D eigenvalue weighted by molar-refractivity contribution is 6.29. The summed E-state index contributed by atoms with van der Waals surface area (Å²) in [6.07, 6.45) is 2.91. The molecule has 0 amide bonds. The molecule has 1 aliphatic heterocycles. The molecule has 6 nitrogen and oxygen atoms in total. The van der Waals surface area contributed by atoms with E-state index in [1.807, 2.05) is 29.2 Å². The maximum absolute atomic E-state index is 10.8. The van der Waals surface area contributed by atoms with Gasteiger partial charge in [0.25, 0.3) is 0 Å². The second kappa shape index (κ2) is 6.98. The van der Waals surface area contributed by atoms with Crippen molar-refractivity contribution in [1.82, 2.24) is 15.1 Å². The standard InChI is InChI=1S/C17H17ClN4O2/c18-15-9-14(17(19)21-20-15)13-3-1-11(2-4-13)12-5-7-22(8-6-12)10-16(23)24/h1-5,9H,6-8,10H2,(H2,19,21)(H,23,24). The molecule has 1 aromatic heterocycles. The average molecular weight is 345 g/mol. The van der Waals surface area contributed by atoms with Crippen molar-refractivity contribution in [3.05, 3.63) is 47.1 Å². The number of nitrogen functional groups attached to an aromatic ring is 1. The van der Waals surface area contributed by atoms with E-state index in [0.29, 0.717) is 17.5 Å². The van der Waals surface area contributed by atoms with E-state index >= 15 is 0 Å². The normalized spacial score (nSPS) is 15.1. The number of nitrogens with zero attached hydrogens (tertiary/aromatic N) is 3. The third-order valence-electron chi connectivity index (χ3n) is 4.01. The molecule has 3 rings (SSSR count). The van der Waals surface area contributed by atoms with Crippen molar-refractivity contribution in [3.63, 3.8) is 0 Å². The van der Waals surface area contributed by atoms with Gasteiger partial charge in [0.15, 0.2) is 11.0 Å². The molecular weight excluding hydrogens is 328 g/mol. The summed E-state index contributed by atoms with van der Waals surface area (Å²) in [5, 5.41) is 16.7. The van der Waals surface area contributed by atoms with Crippen molar-refractivity contribution in [2.75, 3.05) is 25.4 Å². The Labute approximate surface area is 144 Å². The first-order valence-electron chi connectivity index (χ1n) is 7.55. The quantitative estimate of drug-likeness (QED) is 0.885. The highest BCUT2D eigenvalue weighted by Crippen LogP contribution is 2.29. The molecule has 0 saturated heterocycles. The van der Waals surface area contributed by atoms with Crippen molar-refractivity contribution in [2.45, 2.75) is 6.42 Å². The van der Waals surface area contributed by atoms with Crippen LogP contribution in [0.15, 0.2) is 36.4 Å². The molecule has 0 unspecified atom stereocenters. The van der Waals surface area contributed by atoms with Crippen molar-refractivity contribution in [3.8, 4) is 11.1 Å². The Morgan fingerprint density at radius 2 is 1.96 bits per heavy atom. The molecule has 2 heterocycles. The second-order valence-corrected chi connectivity index (χ2v) is 6.04. The predicted molar refractivity (Wildman–Crippen MR) is 93.6 cm³/mol. The first-order chi connectivity index (χ1) is 11.5. The second-order valence-electron chi connectivity index (χ2n) is 5.65. The summed E-state index contributed by atoms with van der Waals surface area (Å²) in [6, 6.07) is 9.71. The molecule has 124 valence electrons. The minimum absolute atomic E-state index is 0.0811. The molecular formula is C17H17ClN4O2. The lowest BCUT2D eigenvalue weighted by Crippen LogP contribution is -2.33. The lowest BCUT2D eigenvalue weighted by molar-refractivity contribution is -0.138. The smallest absolute Gasteiger partial charge is 0.317 e. The molecule has 1 aliphatic rings. The summed E-state index contributed by atoms with van der Waals surface area (Å²) >= 11 is 5.88. The Balaban J connectivity index is 1.77. The van der Waals surface area contributed by atoms with Crippen LogP contribution in [0.2, 0.25) is 5.15 Å². The van der Waals surface area contributed by atoms with E-state index in [1.165, 1.54) is 5.57 Å². The van der Waals surface area contributed by atoms with Crippen molar-refractivity contribution in [2.24, 2.45) is 0 Å². The number of aromatic nitrogens is 2. The summed E-state index contributed by atoms with van der Waals surface area (Å²) in [4.78, 5) is 12.7. The topological polar surface area (TPSA) is 92.3 Å². The molecule has 0 bridgehead atoms. The highest BCUT2D eigenvalue weighted by atomic mass is 35.5. The summed E-state index contributed by atoms with van der Waals surface area (Å²) in [5.41, 5.74) is 9.89. The van der Waals surface area contributed by atoms with Gasteiger partial charge in [-0.1, -0.05) is 41.9 Å². The van der Waals surface area contributed by atoms with Gasteiger partial charge in [-0.05, 0) is 29.2 Å². The van der Waals surface area contributed by atoms with Gasteiger partial charge in [0.05, 0.1) is 6.54 Å². The fourth-order valence-electron chi connectivity index (χ4n) is 2.78. The number of nitrogens with two attached hydrogens (primary N) is 1. The van der Waals surface area contributed by atoms with Crippen LogP contribution in [0.4, 0.5) is 5.82 Å². The Morgan fingerprint density at radius 1 is 1.25 bits per heavy atom. The maximum atomic E-state index is 10.8. The molecule has 7 heteroatoms. The molecule has 24 heavy (non-hydrogen) atoms. The fraction of sp³-hybridized carbons (Fsp3) is 0.235. The Kier molecular flexibility index (Phi) is 4.78. The van der Waals surface area contributed by atoms with E-state index in [-0.39, 0.29) is 6.54 Å². The Bertz CT molecular complexity index is 790. The van der Waals surface area contributed by atoms with E-state index in [2.05, 4.69) is 16.3 Å². The SMILES string of the molecule is Nc1nnc(Cl)cc1-c1ccc(C2=CCN(CC(=O)O)CC2)cc1. The number of benzene rings is 1. The average Bonchev–Trinajstić information content (AvgIpc) is 2.57. The predicted octanol–water partition coefficient (Wildman–Crippen LogP) is 2.55. The summed E-state index contributed by atoms with van der Waals surface area (Å²) < 4.78 is 0. The van der Waals surface area contributed by atoms with Crippen molar-refractivity contribution in [1.29, 1.82) is 0 Å². The van der Waals surface area contributed by atoms with Crippen LogP contribution >= 0.6 is 11.6 Å². The number of hydrogen-bond acceptors (Lipinski definition) is 5. The number of carbonyl (C=O) groups is 1. The molecule has 1 aromatic carbocycles. The van der Waals surface area contributed by atoms with Crippen LogP contribution in [0, 0.1) is 0 Å². The number of halogens is 1. The van der Waals surface area contributed by atoms with Crippen LogP contribution in [0.3, 0.4) is 0 Å². The number of carboxylic acid groups (broad SMARTS) is 1. The van der Waals surface area contributed by atoms with Gasteiger partial charge in [-0.15, -0.1) is 10.2 Å². The maximum Gasteiger partial charge on any atom is 0.317 e. The zero-order chi connectivity index (χ0) is 17.1. The van der Waals surface area contributed by atoms with Crippen molar-refractivity contribution < 1.29 is 9.90 Å². The number of rotatable bonds is 4. The van der Waals surface area contributed by atoms with Gasteiger partial charge < -0.3 is 10.8 Å². The minimum atomic E-state index is -0.793. The zero-order valence-electron chi connectivity index (χ0n) is 12.9. The van der Waals surface area contributed by atoms with Gasteiger partial charge in [-0.2, -0.15) is 0 Å². The summed E-state index contributed by atoms with van der Waals surface area (Å²) in [5.74, 6) is -0.452. The van der Waals surface area contributed by atoms with Gasteiger partial charge in [0.1, 0.15) is 0 Å². The van der Waals surface area contributed by atoms with Gasteiger partial charge >= 0.3 is 5.97 Å². The van der Waals surface area contributed by atoms with Gasteiger partial charge in [0, 0.05) is 18.7 Å². The van der Waals surface area contributed by atoms with E-state index < -0.39 is 5.97 Å². The molecule has 3 N–H and O–H groups in total. The van der Waals surface area contributed by atoms with Crippen LogP contribution in [0.25, 0.3) is 16.7 Å². The molecule has 2 aromatic rings. The van der Waals surface area contributed by atoms with Crippen LogP contribution in [-0.2, 0) is 4.79 Å². The van der Waals surface area contributed by atoms with Crippen LogP contribution < -0.4 is 5.73 Å². The molecule has 0 fully saturated rings. The van der Waals surface area contributed by atoms with Gasteiger partial charge in [-0.25, -0.2) is 0 Å². The van der Waals surface area contributed by atoms with Crippen molar-refractivity contribution >= 4 is 29.0 Å². The Morgan fingerprint density at radius 3 is 2.58 bits per heavy atom. The van der Waals surface area contributed by atoms with E-state index in [9.17, 15) is 4.79 Å². The van der Waals surface area contributed by atoms with E-state index in [1.54, 1.807) is 6.07 Å². The lowest BCUT2D eigenvalue weighted by atomic mass is 9.97. The molecule has 0 saturated carbocycles. The van der Waals surface area contributed by atoms with E-state index in [0.717, 1.165) is 29.7 Å². The number of hydrogen-bond donors (Lipinski definition) is 2. The first kappa shape index (κ1) is 16.4. The third kappa shape index (κ3) is 3.72. The number of carboxylic acids is 1. The zero-order valence-corrected chi connectivity index (χ0v) is 13.7. The molecule has 0 radical (unpaired) electrons. The van der Waals surface area contributed by atoms with Crippen LogP contribution in [-0.4, -0.2) is 45.8 Å². The first-order valence-corrected chi connectivity index (χ1v) is 7.93. The fourth-order valence-corrected chi connectivity index (χ4v) is 2.93. The van der Waals surface area contributed by atoms with Gasteiger partial charge in [-0.3, -0.25) is 9.69 Å². The minimum Gasteiger partial charge on any atom is -0.480 e. The third-order valence-corrected chi connectivity index (χ3v) is 4.20. The molecule has 0 atom stereocenters. The summed E-state index contributed by atoms with van der Waals surface area (Å²) in [7, 11) is 0.